The van der Waals surface area contributed by atoms with Crippen molar-refractivity contribution < 1.29 is 8.78 Å². The zero-order valence-electron chi connectivity index (χ0n) is 19.5. The van der Waals surface area contributed by atoms with E-state index in [1.165, 1.54) is 18.2 Å². The highest BCUT2D eigenvalue weighted by Crippen LogP contribution is 2.34. The van der Waals surface area contributed by atoms with Crippen LogP contribution in [0.15, 0.2) is 67.1 Å². The number of aromatic amines is 2. The normalized spacial score (nSPS) is 11.6. The molecule has 0 amide bonds. The summed E-state index contributed by atoms with van der Waals surface area (Å²) in [5.41, 5.74) is 5.50. The molecule has 0 saturated heterocycles. The SMILES string of the molecule is CC(C)Nc1cncc(-c2cc(F)c3n[nH]c(-c4nc5c(-c6cccc(F)c6)nccc5[nH]4)c3c2)c1. The molecule has 6 aromatic rings. The summed E-state index contributed by atoms with van der Waals surface area (Å²) in [6, 6.07) is 13.5. The van der Waals surface area contributed by atoms with Gasteiger partial charge < -0.3 is 10.3 Å². The Hall–Kier alpha value is -4.66. The molecule has 0 aliphatic carbocycles. The van der Waals surface area contributed by atoms with Crippen LogP contribution in [0.2, 0.25) is 0 Å². The Morgan fingerprint density at radius 2 is 1.81 bits per heavy atom. The molecule has 0 bridgehead atoms. The van der Waals surface area contributed by atoms with E-state index in [-0.39, 0.29) is 17.4 Å². The summed E-state index contributed by atoms with van der Waals surface area (Å²) >= 11 is 0. The van der Waals surface area contributed by atoms with Gasteiger partial charge >= 0.3 is 0 Å². The lowest BCUT2D eigenvalue weighted by atomic mass is 10.0. The molecule has 0 spiro atoms. The van der Waals surface area contributed by atoms with Gasteiger partial charge in [0, 0.05) is 41.1 Å². The molecule has 178 valence electrons. The summed E-state index contributed by atoms with van der Waals surface area (Å²) in [5, 5.41) is 11.0. The second-order valence-electron chi connectivity index (χ2n) is 8.87. The summed E-state index contributed by atoms with van der Waals surface area (Å²) in [7, 11) is 0. The molecule has 0 aliphatic heterocycles. The lowest BCUT2D eigenvalue weighted by Crippen LogP contribution is -2.09. The second kappa shape index (κ2) is 8.53. The monoisotopic (exact) mass is 481 g/mol. The summed E-state index contributed by atoms with van der Waals surface area (Å²) in [4.78, 5) is 16.7. The van der Waals surface area contributed by atoms with Crippen LogP contribution >= 0.6 is 0 Å². The highest BCUT2D eigenvalue weighted by atomic mass is 19.1. The fourth-order valence-corrected chi connectivity index (χ4v) is 4.33. The lowest BCUT2D eigenvalue weighted by Gasteiger charge is -2.11. The minimum atomic E-state index is -0.453. The van der Waals surface area contributed by atoms with Gasteiger partial charge in [0.15, 0.2) is 11.6 Å². The standard InChI is InChI=1S/C27H21F2N7/c1-14(2)32-19-9-17(12-30-13-19)16-10-20-24(21(29)11-16)35-36-25(20)27-33-22-6-7-31-23(26(22)34-27)15-4-3-5-18(28)8-15/h3-14,32H,1-2H3,(H,33,34)(H,35,36). The third-order valence-electron chi connectivity index (χ3n) is 5.87. The number of rotatable bonds is 5. The van der Waals surface area contributed by atoms with Gasteiger partial charge in [-0.2, -0.15) is 5.10 Å². The Morgan fingerprint density at radius 3 is 2.64 bits per heavy atom. The number of hydrogen-bond acceptors (Lipinski definition) is 5. The molecule has 7 nitrogen and oxygen atoms in total. The molecule has 0 radical (unpaired) electrons. The molecule has 0 fully saturated rings. The summed E-state index contributed by atoms with van der Waals surface area (Å²) < 4.78 is 29.0. The quantitative estimate of drug-likeness (QED) is 0.268. The molecule has 0 atom stereocenters. The molecule has 0 unspecified atom stereocenters. The van der Waals surface area contributed by atoms with E-state index in [1.54, 1.807) is 36.8 Å². The van der Waals surface area contributed by atoms with Crippen LogP contribution in [0.4, 0.5) is 14.5 Å². The first-order valence-electron chi connectivity index (χ1n) is 11.5. The second-order valence-corrected chi connectivity index (χ2v) is 8.87. The van der Waals surface area contributed by atoms with Gasteiger partial charge in [-0.25, -0.2) is 13.8 Å². The van der Waals surface area contributed by atoms with Crippen molar-refractivity contribution in [2.45, 2.75) is 19.9 Å². The molecule has 36 heavy (non-hydrogen) atoms. The molecule has 6 rings (SSSR count). The van der Waals surface area contributed by atoms with E-state index in [9.17, 15) is 4.39 Å². The van der Waals surface area contributed by atoms with Gasteiger partial charge in [-0.1, -0.05) is 12.1 Å². The summed E-state index contributed by atoms with van der Waals surface area (Å²) in [5.74, 6) is -0.333. The molecule has 0 aliphatic rings. The number of pyridine rings is 2. The van der Waals surface area contributed by atoms with E-state index in [0.29, 0.717) is 39.2 Å². The number of aromatic nitrogens is 6. The van der Waals surface area contributed by atoms with Crippen molar-refractivity contribution in [3.8, 4) is 33.9 Å². The van der Waals surface area contributed by atoms with E-state index in [0.717, 1.165) is 16.8 Å². The van der Waals surface area contributed by atoms with Gasteiger partial charge in [0.25, 0.3) is 0 Å². The number of nitrogens with zero attached hydrogens (tertiary/aromatic N) is 4. The first kappa shape index (κ1) is 21.8. The van der Waals surface area contributed by atoms with Crippen LogP contribution in [-0.2, 0) is 0 Å². The minimum absolute atomic E-state index is 0.210. The number of nitrogens with one attached hydrogen (secondary N) is 3. The van der Waals surface area contributed by atoms with Crippen molar-refractivity contribution in [1.29, 1.82) is 0 Å². The van der Waals surface area contributed by atoms with Crippen LogP contribution in [0.5, 0.6) is 0 Å². The van der Waals surface area contributed by atoms with Crippen LogP contribution < -0.4 is 5.32 Å². The number of H-pyrrole nitrogens is 2. The molecular formula is C27H21F2N7. The molecular weight excluding hydrogens is 460 g/mol. The highest BCUT2D eigenvalue weighted by molar-refractivity contribution is 5.97. The first-order valence-corrected chi connectivity index (χ1v) is 11.5. The van der Waals surface area contributed by atoms with Gasteiger partial charge in [-0.15, -0.1) is 0 Å². The predicted octanol–water partition coefficient (Wildman–Crippen LogP) is 6.33. The predicted molar refractivity (Wildman–Crippen MR) is 136 cm³/mol. The van der Waals surface area contributed by atoms with Crippen LogP contribution in [-0.4, -0.2) is 36.2 Å². The van der Waals surface area contributed by atoms with Crippen molar-refractivity contribution in [3.63, 3.8) is 0 Å². The molecule has 9 heteroatoms. The van der Waals surface area contributed by atoms with Gasteiger partial charge in [0.1, 0.15) is 22.5 Å². The molecule has 4 heterocycles. The van der Waals surface area contributed by atoms with Crippen LogP contribution in [0.25, 0.3) is 55.8 Å². The Balaban J connectivity index is 1.48. The highest BCUT2D eigenvalue weighted by Gasteiger charge is 2.18. The average Bonchev–Trinajstić information content (AvgIpc) is 3.48. The largest absolute Gasteiger partial charge is 0.382 e. The minimum Gasteiger partial charge on any atom is -0.382 e. The number of fused-ring (bicyclic) bond motifs is 2. The fourth-order valence-electron chi connectivity index (χ4n) is 4.33. The van der Waals surface area contributed by atoms with Crippen molar-refractivity contribution in [2.75, 3.05) is 5.32 Å². The number of benzene rings is 2. The summed E-state index contributed by atoms with van der Waals surface area (Å²) in [6.45, 7) is 4.08. The molecule has 2 aromatic carbocycles. The van der Waals surface area contributed by atoms with E-state index in [2.05, 4.69) is 30.5 Å². The van der Waals surface area contributed by atoms with Crippen LogP contribution in [0, 0.1) is 11.6 Å². The van der Waals surface area contributed by atoms with Crippen molar-refractivity contribution in [3.05, 3.63) is 78.8 Å². The number of imidazole rings is 1. The van der Waals surface area contributed by atoms with Crippen LogP contribution in [0.3, 0.4) is 0 Å². The Morgan fingerprint density at radius 1 is 0.917 bits per heavy atom. The Labute approximate surface area is 204 Å². The van der Waals surface area contributed by atoms with Crippen molar-refractivity contribution in [1.82, 2.24) is 30.1 Å². The Bertz CT molecular complexity index is 1740. The topological polar surface area (TPSA) is 95.2 Å². The third-order valence-corrected chi connectivity index (χ3v) is 5.87. The van der Waals surface area contributed by atoms with E-state index < -0.39 is 5.82 Å². The number of anilines is 1. The molecule has 0 saturated carbocycles. The maximum Gasteiger partial charge on any atom is 0.157 e. The Kier molecular flexibility index (Phi) is 5.18. The number of hydrogen-bond donors (Lipinski definition) is 3. The zero-order chi connectivity index (χ0) is 24.8. The number of halogens is 2. The first-order chi connectivity index (χ1) is 17.5. The van der Waals surface area contributed by atoms with Crippen molar-refractivity contribution >= 4 is 27.6 Å². The van der Waals surface area contributed by atoms with Gasteiger partial charge in [-0.05, 0) is 55.8 Å². The molecule has 3 N–H and O–H groups in total. The van der Waals surface area contributed by atoms with Gasteiger partial charge in [0.2, 0.25) is 0 Å². The summed E-state index contributed by atoms with van der Waals surface area (Å²) in [6.07, 6.45) is 5.07. The van der Waals surface area contributed by atoms with E-state index in [4.69, 9.17) is 4.98 Å². The zero-order valence-corrected chi connectivity index (χ0v) is 19.5. The molecule has 4 aromatic heterocycles. The van der Waals surface area contributed by atoms with Crippen LogP contribution in [0.1, 0.15) is 13.8 Å². The smallest absolute Gasteiger partial charge is 0.157 e. The maximum absolute atomic E-state index is 15.1. The maximum atomic E-state index is 15.1. The fraction of sp³-hybridized carbons (Fsp3) is 0.111. The third kappa shape index (κ3) is 3.84. The van der Waals surface area contributed by atoms with Gasteiger partial charge in [-0.3, -0.25) is 15.1 Å². The average molecular weight is 482 g/mol. The van der Waals surface area contributed by atoms with E-state index >= 15 is 4.39 Å². The van der Waals surface area contributed by atoms with Crippen molar-refractivity contribution in [2.24, 2.45) is 0 Å². The van der Waals surface area contributed by atoms with E-state index in [1.807, 2.05) is 26.0 Å². The van der Waals surface area contributed by atoms with Gasteiger partial charge in [0.05, 0.1) is 16.9 Å². The lowest BCUT2D eigenvalue weighted by molar-refractivity contribution is 0.628.